The molecule has 117 heavy (non-hydrogen) atoms. The van der Waals surface area contributed by atoms with E-state index in [0.717, 1.165) is 112 Å². The Hall–Kier alpha value is -10.1. The van der Waals surface area contributed by atoms with Gasteiger partial charge in [0.25, 0.3) is 0 Å². The van der Waals surface area contributed by atoms with Crippen LogP contribution in [0.1, 0.15) is 215 Å². The van der Waals surface area contributed by atoms with Gasteiger partial charge in [0.05, 0.1) is 87.0 Å². The molecule has 11 rings (SSSR count). The van der Waals surface area contributed by atoms with E-state index in [9.17, 15) is 69.6 Å². The second-order valence-electron chi connectivity index (χ2n) is 33.3. The highest BCUT2D eigenvalue weighted by molar-refractivity contribution is 6.04. The number of hydrogen-bond donors (Lipinski definition) is 10. The van der Waals surface area contributed by atoms with E-state index >= 15 is 0 Å². The van der Waals surface area contributed by atoms with Crippen molar-refractivity contribution in [2.75, 3.05) is 26.2 Å². The minimum atomic E-state index is -0.673. The zero-order chi connectivity index (χ0) is 86.0. The van der Waals surface area contributed by atoms with E-state index in [4.69, 9.17) is 23.9 Å². The molecule has 22 nitrogen and oxygen atoms in total. The average Bonchev–Trinajstić information content (AvgIpc) is 0.792. The van der Waals surface area contributed by atoms with Gasteiger partial charge in [-0.25, -0.2) is 0 Å². The molecule has 0 saturated heterocycles. The van der Waals surface area contributed by atoms with Gasteiger partial charge in [-0.3, -0.25) is 33.8 Å². The van der Waals surface area contributed by atoms with Gasteiger partial charge < -0.3 is 75.3 Å². The van der Waals surface area contributed by atoms with E-state index in [2.05, 4.69) is 22.8 Å². The lowest BCUT2D eigenvalue weighted by molar-refractivity contribution is -0.143. The van der Waals surface area contributed by atoms with Gasteiger partial charge in [0.1, 0.15) is 23.0 Å². The van der Waals surface area contributed by atoms with Crippen molar-refractivity contribution in [2.24, 2.45) is 26.7 Å². The molecule has 3 aliphatic heterocycles. The van der Waals surface area contributed by atoms with Crippen molar-refractivity contribution in [3.63, 3.8) is 0 Å². The van der Waals surface area contributed by atoms with E-state index in [1.807, 2.05) is 117 Å². The van der Waals surface area contributed by atoms with Gasteiger partial charge in [-0.15, -0.1) is 0 Å². The summed E-state index contributed by atoms with van der Waals surface area (Å²) in [5, 5.41) is 82.1. The van der Waals surface area contributed by atoms with Crippen LogP contribution in [0.25, 0.3) is 0 Å². The molecule has 0 aliphatic carbocycles. The van der Waals surface area contributed by atoms with Gasteiger partial charge in [0.2, 0.25) is 12.3 Å². The number of benzene rings is 8. The first-order chi connectivity index (χ1) is 55.6. The summed E-state index contributed by atoms with van der Waals surface area (Å²) in [6, 6.07) is 47.2. The zero-order valence-corrected chi connectivity index (χ0v) is 70.4. The largest absolute Gasteiger partial charge is 0.426 e. The standard InChI is InChI=1S/C24H29NO5.C23H29NO5.C23H29NO4.C23H27NO4.C2H6/c1-24(2,3)23(29)30-22-12-16(4-6-19(22)14-27)11-21-20-7-5-17(13-26)10-18(20)8-9-25(21)15-28;1-23(2,3)22(28)29-20-12-17(7-8-19(20)15-26)13-21(27)24-10-9-16-5-4-6-18(11-16)14-25;2*1-23(2,3)22(27)28-21-12-15(4-6-18(21)14-26)11-20-19-7-5-16(13-25)10-17(19)8-9-24-20;1-2/h4-7,10,12,15,21,26-27H,8-9,11,13-14H2,1-3H3;4-8,11-12,25-26H,9-10,13-15H2,1-3H3,(H,24,27);4-7,10,12,20,24-26H,8-9,11,13-14H2,1-3H3;4-7,10,12,25-26H,8-9,11,13-14H2,1-3H3;1-2H3. The number of nitrogens with zero attached hydrogens (tertiary/aromatic N) is 2. The average molecular weight is 1610 g/mol. The summed E-state index contributed by atoms with van der Waals surface area (Å²) in [6.07, 6.45) is 6.14. The topological polar surface area (TPSA) is 341 Å². The van der Waals surface area contributed by atoms with Gasteiger partial charge >= 0.3 is 23.9 Å². The monoisotopic (exact) mass is 1600 g/mol. The number of carbonyl (C=O) groups is 6. The summed E-state index contributed by atoms with van der Waals surface area (Å²) < 4.78 is 22.2. The number of fused-ring (bicyclic) bond motifs is 3. The van der Waals surface area contributed by atoms with Crippen molar-refractivity contribution in [2.45, 2.75) is 213 Å². The fourth-order valence-electron chi connectivity index (χ4n) is 12.9. The molecule has 8 aromatic carbocycles. The molecule has 22 heteroatoms. The Bertz CT molecular complexity index is 4730. The number of hydrogen-bond acceptors (Lipinski definition) is 20. The fraction of sp³-hybridized carbons (Fsp3) is 0.421. The van der Waals surface area contributed by atoms with Crippen molar-refractivity contribution >= 4 is 41.9 Å². The number of amides is 2. The Labute approximate surface area is 689 Å². The van der Waals surface area contributed by atoms with Crippen molar-refractivity contribution < 1.29 is 88.6 Å². The maximum atomic E-state index is 12.3. The molecule has 2 atom stereocenters. The molecule has 2 amide bonds. The van der Waals surface area contributed by atoms with E-state index < -0.39 is 27.6 Å². The summed E-state index contributed by atoms with van der Waals surface area (Å²) >= 11 is 0. The summed E-state index contributed by atoms with van der Waals surface area (Å²) in [5.74, 6) is -0.139. The van der Waals surface area contributed by atoms with E-state index in [0.29, 0.717) is 77.4 Å². The Morgan fingerprint density at radius 3 is 1.32 bits per heavy atom. The third-order valence-corrected chi connectivity index (χ3v) is 19.8. The van der Waals surface area contributed by atoms with E-state index in [1.165, 1.54) is 16.7 Å². The SMILES string of the molecule is CC.CC(C)(C)C(=O)Oc1cc(CC(=O)NCCc2cccc(CO)c2)ccc1CO.CC(C)(C)C(=O)Oc1cc(CC2=NCCc3cc(CO)ccc32)ccc1CO.CC(C)(C)C(=O)Oc1cc(CC2NCCc3cc(CO)ccc32)ccc1CO.CC(C)(C)C(=O)Oc1cc(CC2c3ccc(CO)cc3CCN2C=O)ccc1CO. The summed E-state index contributed by atoms with van der Waals surface area (Å²) in [5.41, 5.74) is 15.8. The molecule has 3 aliphatic rings. The molecule has 10 N–H and O–H groups in total. The predicted octanol–water partition coefficient (Wildman–Crippen LogP) is 12.7. The van der Waals surface area contributed by atoms with Gasteiger partial charge in [0.15, 0.2) is 0 Å². The molecule has 628 valence electrons. The highest BCUT2D eigenvalue weighted by Gasteiger charge is 2.32. The molecule has 0 radical (unpaired) electrons. The number of aliphatic hydroxyl groups is 8. The van der Waals surface area contributed by atoms with Crippen LogP contribution in [0.3, 0.4) is 0 Å². The number of aliphatic imine (C=N–C) groups is 1. The lowest BCUT2D eigenvalue weighted by Crippen LogP contribution is -2.35. The number of esters is 4. The number of nitrogens with one attached hydrogen (secondary N) is 2. The van der Waals surface area contributed by atoms with Crippen molar-refractivity contribution in [1.82, 2.24) is 15.5 Å². The maximum Gasteiger partial charge on any atom is 0.316 e. The molecule has 0 fully saturated rings. The van der Waals surface area contributed by atoms with Crippen LogP contribution in [0, 0.1) is 21.7 Å². The number of ether oxygens (including phenoxy) is 4. The van der Waals surface area contributed by atoms with E-state index in [-0.39, 0.29) is 101 Å². The predicted molar refractivity (Wildman–Crippen MR) is 451 cm³/mol. The highest BCUT2D eigenvalue weighted by Crippen LogP contribution is 2.37. The molecular formula is C95H120N4O18. The second-order valence-corrected chi connectivity index (χ2v) is 33.3. The molecule has 3 heterocycles. The second kappa shape index (κ2) is 43.9. The smallest absolute Gasteiger partial charge is 0.316 e. The minimum Gasteiger partial charge on any atom is -0.426 e. The summed E-state index contributed by atoms with van der Waals surface area (Å²) in [6.45, 7) is 27.3. The number of carbonyl (C=O) groups excluding carboxylic acids is 6. The van der Waals surface area contributed by atoms with E-state index in [1.54, 1.807) is 124 Å². The van der Waals surface area contributed by atoms with Gasteiger partial charge in [-0.05, 0) is 236 Å². The lowest BCUT2D eigenvalue weighted by atomic mass is 9.88. The normalized spacial score (nSPS) is 14.2. The molecule has 8 aromatic rings. The summed E-state index contributed by atoms with van der Waals surface area (Å²) in [4.78, 5) is 79.5. The Morgan fingerprint density at radius 2 is 0.846 bits per heavy atom. The highest BCUT2D eigenvalue weighted by atomic mass is 16.6. The van der Waals surface area contributed by atoms with Crippen LogP contribution in [-0.4, -0.2) is 114 Å². The maximum absolute atomic E-state index is 12.3. The molecule has 0 saturated carbocycles. The van der Waals surface area contributed by atoms with Crippen LogP contribution in [-0.2, 0) is 133 Å². The van der Waals surface area contributed by atoms with Crippen LogP contribution < -0.4 is 29.6 Å². The lowest BCUT2D eigenvalue weighted by Gasteiger charge is -2.35. The Kier molecular flexibility index (Phi) is 35.3. The van der Waals surface area contributed by atoms with Crippen LogP contribution in [0.5, 0.6) is 23.0 Å². The van der Waals surface area contributed by atoms with Gasteiger partial charge in [-0.2, -0.15) is 0 Å². The van der Waals surface area contributed by atoms with Crippen LogP contribution in [0.2, 0.25) is 0 Å². The fourth-order valence-corrected chi connectivity index (χ4v) is 12.9. The first-order valence-corrected chi connectivity index (χ1v) is 40.0. The van der Waals surface area contributed by atoms with Crippen LogP contribution >= 0.6 is 0 Å². The number of rotatable bonds is 24. The summed E-state index contributed by atoms with van der Waals surface area (Å²) in [7, 11) is 0. The Morgan fingerprint density at radius 1 is 0.444 bits per heavy atom. The molecule has 0 bridgehead atoms. The molecule has 0 aromatic heterocycles. The van der Waals surface area contributed by atoms with Crippen molar-refractivity contribution in [3.8, 4) is 23.0 Å². The van der Waals surface area contributed by atoms with Gasteiger partial charge in [0, 0.05) is 60.1 Å². The Balaban J connectivity index is 0.000000214. The van der Waals surface area contributed by atoms with Crippen molar-refractivity contribution in [1.29, 1.82) is 0 Å². The molecular weight excluding hydrogens is 1490 g/mol. The van der Waals surface area contributed by atoms with Crippen LogP contribution in [0.4, 0.5) is 0 Å². The van der Waals surface area contributed by atoms with Crippen molar-refractivity contribution in [3.05, 3.63) is 257 Å². The minimum absolute atomic E-state index is 0.00778. The van der Waals surface area contributed by atoms with Gasteiger partial charge in [-0.1, -0.05) is 141 Å². The molecule has 0 spiro atoms. The molecule has 2 unspecified atom stereocenters. The number of aliphatic hydroxyl groups excluding tert-OH is 8. The third-order valence-electron chi connectivity index (χ3n) is 19.8. The zero-order valence-electron chi connectivity index (χ0n) is 70.4. The third kappa shape index (κ3) is 27.5. The first kappa shape index (κ1) is 94.0. The quantitative estimate of drug-likeness (QED) is 0.0153. The first-order valence-electron chi connectivity index (χ1n) is 40.0. The van der Waals surface area contributed by atoms with Crippen LogP contribution in [0.15, 0.2) is 157 Å².